The van der Waals surface area contributed by atoms with E-state index >= 15 is 0 Å². The lowest BCUT2D eigenvalue weighted by molar-refractivity contribution is 0.121. The van der Waals surface area contributed by atoms with E-state index in [4.69, 9.17) is 4.74 Å². The molecule has 84 valence electrons. The monoisotopic (exact) mass is 211 g/mol. The van der Waals surface area contributed by atoms with Gasteiger partial charge in [-0.1, -0.05) is 0 Å². The quantitative estimate of drug-likeness (QED) is 0.737. The van der Waals surface area contributed by atoms with Crippen LogP contribution in [0.15, 0.2) is 0 Å². The van der Waals surface area contributed by atoms with Gasteiger partial charge in [0.05, 0.1) is 0 Å². The second-order valence-electron chi connectivity index (χ2n) is 3.61. The zero-order valence-electron chi connectivity index (χ0n) is 9.23. The maximum atomic E-state index is 5.09. The largest absolute Gasteiger partial charge is 0.362 e. The Bertz CT molecular complexity index is 318. The van der Waals surface area contributed by atoms with E-state index in [1.54, 1.807) is 11.8 Å². The van der Waals surface area contributed by atoms with E-state index in [1.165, 1.54) is 0 Å². The molecule has 1 aliphatic rings. The Morgan fingerprint density at radius 2 is 2.13 bits per heavy atom. The van der Waals surface area contributed by atoms with Crippen LogP contribution in [-0.4, -0.2) is 48.1 Å². The van der Waals surface area contributed by atoms with Crippen molar-refractivity contribution >= 4 is 5.95 Å². The highest BCUT2D eigenvalue weighted by Gasteiger charge is 2.17. The molecule has 1 aliphatic heterocycles. The molecular weight excluding hydrogens is 194 g/mol. The van der Waals surface area contributed by atoms with E-state index in [2.05, 4.69) is 20.3 Å². The molecule has 0 unspecified atom stereocenters. The molecule has 6 nitrogen and oxygen atoms in total. The molecule has 1 aromatic rings. The molecule has 0 radical (unpaired) electrons. The Kier molecular flexibility index (Phi) is 3.17. The summed E-state index contributed by atoms with van der Waals surface area (Å²) in [6.45, 7) is 6.30. The van der Waals surface area contributed by atoms with E-state index in [0.717, 1.165) is 38.0 Å². The van der Waals surface area contributed by atoms with Crippen LogP contribution in [0.4, 0.5) is 5.95 Å². The number of anilines is 1. The molecule has 2 heterocycles. The van der Waals surface area contributed by atoms with E-state index in [9.17, 15) is 0 Å². The van der Waals surface area contributed by atoms with Crippen molar-refractivity contribution in [3.05, 3.63) is 5.82 Å². The van der Waals surface area contributed by atoms with Gasteiger partial charge in [-0.05, 0) is 6.92 Å². The van der Waals surface area contributed by atoms with Crippen LogP contribution in [0, 0.1) is 6.92 Å². The first kappa shape index (κ1) is 10.4. The van der Waals surface area contributed by atoms with Gasteiger partial charge in [0.1, 0.15) is 12.6 Å². The molecule has 0 aliphatic carbocycles. The van der Waals surface area contributed by atoms with Crippen LogP contribution < -0.4 is 10.2 Å². The summed E-state index contributed by atoms with van der Waals surface area (Å²) in [5, 5.41) is 7.61. The number of methoxy groups -OCH3 is 1. The predicted octanol–water partition coefficient (Wildman–Crippen LogP) is -0.400. The average Bonchev–Trinajstić information content (AvgIpc) is 2.62. The third kappa shape index (κ3) is 2.27. The van der Waals surface area contributed by atoms with Gasteiger partial charge in [0.25, 0.3) is 0 Å². The van der Waals surface area contributed by atoms with Gasteiger partial charge >= 0.3 is 0 Å². The van der Waals surface area contributed by atoms with Crippen LogP contribution in [0.25, 0.3) is 0 Å². The van der Waals surface area contributed by atoms with Gasteiger partial charge in [-0.2, -0.15) is 10.1 Å². The Morgan fingerprint density at radius 1 is 1.40 bits per heavy atom. The highest BCUT2D eigenvalue weighted by molar-refractivity contribution is 5.31. The number of rotatable bonds is 3. The van der Waals surface area contributed by atoms with Gasteiger partial charge in [-0.25, -0.2) is 4.68 Å². The molecule has 0 atom stereocenters. The molecule has 2 rings (SSSR count). The third-order valence-electron chi connectivity index (χ3n) is 2.41. The summed E-state index contributed by atoms with van der Waals surface area (Å²) in [5.41, 5.74) is 0. The molecule has 1 fully saturated rings. The maximum absolute atomic E-state index is 5.09. The molecule has 1 N–H and O–H groups in total. The third-order valence-corrected chi connectivity index (χ3v) is 2.41. The van der Waals surface area contributed by atoms with Crippen molar-refractivity contribution in [2.45, 2.75) is 13.7 Å². The van der Waals surface area contributed by atoms with E-state index in [0.29, 0.717) is 6.73 Å². The highest BCUT2D eigenvalue weighted by atomic mass is 16.5. The molecule has 0 bridgehead atoms. The van der Waals surface area contributed by atoms with Gasteiger partial charge in [-0.3, -0.25) is 0 Å². The predicted molar refractivity (Wildman–Crippen MR) is 56.9 cm³/mol. The summed E-state index contributed by atoms with van der Waals surface area (Å²) in [6, 6.07) is 0. The van der Waals surface area contributed by atoms with Crippen molar-refractivity contribution in [2.75, 3.05) is 38.2 Å². The lowest BCUT2D eigenvalue weighted by atomic mass is 10.4. The fourth-order valence-electron chi connectivity index (χ4n) is 1.75. The van der Waals surface area contributed by atoms with Gasteiger partial charge in [0.15, 0.2) is 0 Å². The fourth-order valence-corrected chi connectivity index (χ4v) is 1.75. The summed E-state index contributed by atoms with van der Waals surface area (Å²) in [5.74, 6) is 1.71. The van der Waals surface area contributed by atoms with Crippen molar-refractivity contribution < 1.29 is 4.74 Å². The highest BCUT2D eigenvalue weighted by Crippen LogP contribution is 2.12. The summed E-state index contributed by atoms with van der Waals surface area (Å²) in [4.78, 5) is 6.65. The van der Waals surface area contributed by atoms with Crippen LogP contribution in [0.2, 0.25) is 0 Å². The topological polar surface area (TPSA) is 55.2 Å². The summed E-state index contributed by atoms with van der Waals surface area (Å²) >= 11 is 0. The molecule has 6 heteroatoms. The number of hydrogen-bond donors (Lipinski definition) is 1. The summed E-state index contributed by atoms with van der Waals surface area (Å²) in [7, 11) is 1.67. The van der Waals surface area contributed by atoms with Gasteiger partial charge in [0.2, 0.25) is 5.95 Å². The Balaban J connectivity index is 2.17. The number of aryl methyl sites for hydroxylation is 1. The molecule has 1 saturated heterocycles. The van der Waals surface area contributed by atoms with Crippen LogP contribution in [0.5, 0.6) is 0 Å². The number of ether oxygens (including phenoxy) is 1. The summed E-state index contributed by atoms with van der Waals surface area (Å²) in [6.07, 6.45) is 0. The standard InChI is InChI=1S/C9H17N5O/c1-8-11-9(14(12-8)7-15-2)13-5-3-10-4-6-13/h10H,3-7H2,1-2H3. The first-order chi connectivity index (χ1) is 7.31. The Labute approximate surface area is 89.2 Å². The number of aromatic nitrogens is 3. The smallest absolute Gasteiger partial charge is 0.226 e. The first-order valence-electron chi connectivity index (χ1n) is 5.17. The Morgan fingerprint density at radius 3 is 2.80 bits per heavy atom. The van der Waals surface area contributed by atoms with Crippen LogP contribution in [0.3, 0.4) is 0 Å². The minimum atomic E-state index is 0.458. The van der Waals surface area contributed by atoms with Crippen molar-refractivity contribution in [2.24, 2.45) is 0 Å². The number of nitrogens with one attached hydrogen (secondary N) is 1. The average molecular weight is 211 g/mol. The summed E-state index contributed by atoms with van der Waals surface area (Å²) < 4.78 is 6.90. The molecule has 0 aromatic carbocycles. The molecule has 15 heavy (non-hydrogen) atoms. The zero-order chi connectivity index (χ0) is 10.7. The SMILES string of the molecule is COCn1nc(C)nc1N1CCNCC1. The fraction of sp³-hybridized carbons (Fsp3) is 0.778. The van der Waals surface area contributed by atoms with Crippen molar-refractivity contribution in [3.8, 4) is 0 Å². The minimum Gasteiger partial charge on any atom is -0.362 e. The molecular formula is C9H17N5O. The van der Waals surface area contributed by atoms with Crippen LogP contribution >= 0.6 is 0 Å². The second kappa shape index (κ2) is 4.59. The van der Waals surface area contributed by atoms with Crippen LogP contribution in [0.1, 0.15) is 5.82 Å². The van der Waals surface area contributed by atoms with Gasteiger partial charge < -0.3 is 15.0 Å². The van der Waals surface area contributed by atoms with E-state index in [-0.39, 0.29) is 0 Å². The Hall–Kier alpha value is -1.14. The maximum Gasteiger partial charge on any atom is 0.226 e. The minimum absolute atomic E-state index is 0.458. The van der Waals surface area contributed by atoms with Crippen molar-refractivity contribution in [1.82, 2.24) is 20.1 Å². The first-order valence-corrected chi connectivity index (χ1v) is 5.17. The number of hydrogen-bond acceptors (Lipinski definition) is 5. The van der Waals surface area contributed by atoms with Gasteiger partial charge in [-0.15, -0.1) is 0 Å². The van der Waals surface area contributed by atoms with E-state index in [1.807, 2.05) is 6.92 Å². The zero-order valence-corrected chi connectivity index (χ0v) is 9.23. The van der Waals surface area contributed by atoms with Crippen LogP contribution in [-0.2, 0) is 11.5 Å². The number of piperazine rings is 1. The van der Waals surface area contributed by atoms with Crippen molar-refractivity contribution in [3.63, 3.8) is 0 Å². The second-order valence-corrected chi connectivity index (χ2v) is 3.61. The molecule has 0 amide bonds. The van der Waals surface area contributed by atoms with Gasteiger partial charge in [0, 0.05) is 33.3 Å². The van der Waals surface area contributed by atoms with Crippen molar-refractivity contribution in [1.29, 1.82) is 0 Å². The normalized spacial score (nSPS) is 17.1. The number of nitrogens with zero attached hydrogens (tertiary/aromatic N) is 4. The van der Waals surface area contributed by atoms with E-state index < -0.39 is 0 Å². The lowest BCUT2D eigenvalue weighted by Gasteiger charge is -2.27. The molecule has 0 spiro atoms. The molecule has 0 saturated carbocycles. The molecule has 1 aromatic heterocycles. The lowest BCUT2D eigenvalue weighted by Crippen LogP contribution is -2.44.